The van der Waals surface area contributed by atoms with Gasteiger partial charge in [0.2, 0.25) is 0 Å². The molecule has 126 valence electrons. The highest BCUT2D eigenvalue weighted by atomic mass is 28.4. The molecule has 6 N–H and O–H groups in total. The molecule has 8 heteroatoms. The molecule has 0 aliphatic rings. The zero-order valence-corrected chi connectivity index (χ0v) is 15.1. The van der Waals surface area contributed by atoms with Crippen molar-refractivity contribution in [2.45, 2.75) is 50.9 Å². The topological polar surface area (TPSA) is 121 Å². The van der Waals surface area contributed by atoms with Gasteiger partial charge in [-0.1, -0.05) is 0 Å². The van der Waals surface area contributed by atoms with Gasteiger partial charge in [-0.3, -0.25) is 0 Å². The summed E-state index contributed by atoms with van der Waals surface area (Å²) < 4.78 is 0. The first kappa shape index (κ1) is 19.1. The first-order chi connectivity index (χ1) is 9.98. The van der Waals surface area contributed by atoms with Crippen molar-refractivity contribution < 1.29 is 29.4 Å². The van der Waals surface area contributed by atoms with Gasteiger partial charge in [0.1, 0.15) is 11.5 Å². The van der Waals surface area contributed by atoms with Gasteiger partial charge in [0, 0.05) is 0 Å². The van der Waals surface area contributed by atoms with Crippen LogP contribution in [0.3, 0.4) is 0 Å². The van der Waals surface area contributed by atoms with Crippen LogP contribution in [0.5, 0.6) is 11.5 Å². The van der Waals surface area contributed by atoms with Gasteiger partial charge in [-0.25, -0.2) is 0 Å². The van der Waals surface area contributed by atoms with E-state index in [0.717, 1.165) is 0 Å². The van der Waals surface area contributed by atoms with Gasteiger partial charge in [0.25, 0.3) is 0 Å². The van der Waals surface area contributed by atoms with Crippen LogP contribution < -0.4 is 0 Å². The molecule has 1 aromatic carbocycles. The minimum atomic E-state index is -3.08. The van der Waals surface area contributed by atoms with Crippen LogP contribution in [0, 0.1) is 0 Å². The fraction of sp³-hybridized carbons (Fsp3) is 0.571. The molecule has 0 saturated heterocycles. The van der Waals surface area contributed by atoms with Crippen molar-refractivity contribution >= 4 is 17.1 Å². The number of benzene rings is 1. The molecule has 1 rings (SSSR count). The minimum absolute atomic E-state index is 0.0695. The fourth-order valence-corrected chi connectivity index (χ4v) is 3.98. The van der Waals surface area contributed by atoms with Crippen molar-refractivity contribution in [1.29, 1.82) is 0 Å². The maximum Gasteiger partial charge on any atom is 0.329 e. The molecule has 0 aliphatic heterocycles. The van der Waals surface area contributed by atoms with Gasteiger partial charge >= 0.3 is 17.1 Å². The standard InChI is InChI=1S/C14H26O6Si2/c1-21(17,18)7-3-5-11-9-14(16)12(10-13(11)15)6-4-8-22(2,19)20/h9-10,15-20H,3-8H2,1-2H3. The van der Waals surface area contributed by atoms with Crippen LogP contribution in [0.15, 0.2) is 12.1 Å². The van der Waals surface area contributed by atoms with Crippen molar-refractivity contribution in [3.63, 3.8) is 0 Å². The highest BCUT2D eigenvalue weighted by molar-refractivity contribution is 6.63. The zero-order chi connectivity index (χ0) is 17.0. The molecule has 0 fully saturated rings. The fourth-order valence-electron chi connectivity index (χ4n) is 2.29. The van der Waals surface area contributed by atoms with Crippen LogP contribution in [-0.4, -0.2) is 46.5 Å². The number of aromatic hydroxyl groups is 2. The third kappa shape index (κ3) is 7.38. The Labute approximate surface area is 132 Å². The van der Waals surface area contributed by atoms with Gasteiger partial charge in [-0.05, 0) is 74.1 Å². The molecule has 0 bridgehead atoms. The van der Waals surface area contributed by atoms with Crippen molar-refractivity contribution in [2.24, 2.45) is 0 Å². The summed E-state index contributed by atoms with van der Waals surface area (Å²) in [5.41, 5.74) is 1.14. The molecule has 0 spiro atoms. The Morgan fingerprint density at radius 1 is 0.727 bits per heavy atom. The minimum Gasteiger partial charge on any atom is -0.508 e. The first-order valence-electron chi connectivity index (χ1n) is 7.41. The van der Waals surface area contributed by atoms with Gasteiger partial charge in [0.05, 0.1) is 0 Å². The van der Waals surface area contributed by atoms with E-state index in [0.29, 0.717) is 48.9 Å². The Morgan fingerprint density at radius 3 is 1.32 bits per heavy atom. The van der Waals surface area contributed by atoms with Gasteiger partial charge < -0.3 is 29.4 Å². The lowest BCUT2D eigenvalue weighted by molar-refractivity contribution is 0.365. The van der Waals surface area contributed by atoms with Gasteiger partial charge in [-0.15, -0.1) is 0 Å². The lowest BCUT2D eigenvalue weighted by Gasteiger charge is -2.14. The molecule has 22 heavy (non-hydrogen) atoms. The van der Waals surface area contributed by atoms with E-state index < -0.39 is 17.1 Å². The van der Waals surface area contributed by atoms with E-state index in [1.807, 2.05) is 0 Å². The number of rotatable bonds is 8. The van der Waals surface area contributed by atoms with Crippen LogP contribution in [0.2, 0.25) is 25.2 Å². The van der Waals surface area contributed by atoms with E-state index in [4.69, 9.17) is 0 Å². The van der Waals surface area contributed by atoms with Crippen LogP contribution in [0.25, 0.3) is 0 Å². The first-order valence-corrected chi connectivity index (χ1v) is 12.6. The second-order valence-electron chi connectivity index (χ2n) is 6.25. The third-order valence-electron chi connectivity index (χ3n) is 3.47. The quantitative estimate of drug-likeness (QED) is 0.309. The summed E-state index contributed by atoms with van der Waals surface area (Å²) in [6.45, 7) is 2.87. The summed E-state index contributed by atoms with van der Waals surface area (Å²) in [6.07, 6.45) is 1.98. The predicted molar refractivity (Wildman–Crippen MR) is 88.1 cm³/mol. The number of aryl methyl sites for hydroxylation is 2. The van der Waals surface area contributed by atoms with Gasteiger partial charge in [0.15, 0.2) is 0 Å². The van der Waals surface area contributed by atoms with Crippen molar-refractivity contribution in [2.75, 3.05) is 0 Å². The average Bonchev–Trinajstić information content (AvgIpc) is 2.31. The average molecular weight is 347 g/mol. The molecule has 6 nitrogen and oxygen atoms in total. The van der Waals surface area contributed by atoms with Gasteiger partial charge in [-0.2, -0.15) is 0 Å². The molecular formula is C14H26O6Si2. The van der Waals surface area contributed by atoms with Crippen LogP contribution in [-0.2, 0) is 12.8 Å². The molecule has 1 aromatic rings. The molecule has 0 amide bonds. The monoisotopic (exact) mass is 346 g/mol. The number of hydrogen-bond donors (Lipinski definition) is 6. The van der Waals surface area contributed by atoms with Crippen molar-refractivity contribution in [3.8, 4) is 11.5 Å². The van der Waals surface area contributed by atoms with Crippen LogP contribution >= 0.6 is 0 Å². The molecule has 0 aliphatic carbocycles. The summed E-state index contributed by atoms with van der Waals surface area (Å²) in [5, 5.41) is 20.0. The Kier molecular flexibility index (Phi) is 6.59. The van der Waals surface area contributed by atoms with Crippen LogP contribution in [0.4, 0.5) is 0 Å². The predicted octanol–water partition coefficient (Wildman–Crippen LogP) is 1.08. The lowest BCUT2D eigenvalue weighted by atomic mass is 10.0. The summed E-state index contributed by atoms with van der Waals surface area (Å²) in [5.74, 6) is 0.139. The summed E-state index contributed by atoms with van der Waals surface area (Å²) >= 11 is 0. The molecule has 0 aromatic heterocycles. The van der Waals surface area contributed by atoms with E-state index in [2.05, 4.69) is 0 Å². The molecule has 0 heterocycles. The van der Waals surface area contributed by atoms with E-state index >= 15 is 0 Å². The van der Waals surface area contributed by atoms with Crippen LogP contribution in [0.1, 0.15) is 24.0 Å². The summed E-state index contributed by atoms with van der Waals surface area (Å²) in [4.78, 5) is 37.5. The van der Waals surface area contributed by atoms with Crippen molar-refractivity contribution in [1.82, 2.24) is 0 Å². The van der Waals surface area contributed by atoms with E-state index in [1.165, 1.54) is 25.2 Å². The maximum absolute atomic E-state index is 9.99. The lowest BCUT2D eigenvalue weighted by Crippen LogP contribution is -2.29. The van der Waals surface area contributed by atoms with Crippen molar-refractivity contribution in [3.05, 3.63) is 23.3 Å². The molecule has 0 atom stereocenters. The van der Waals surface area contributed by atoms with E-state index in [-0.39, 0.29) is 11.5 Å². The zero-order valence-electron chi connectivity index (χ0n) is 13.1. The molecular weight excluding hydrogens is 320 g/mol. The summed E-state index contributed by atoms with van der Waals surface area (Å²) in [7, 11) is -6.15. The largest absolute Gasteiger partial charge is 0.508 e. The highest BCUT2D eigenvalue weighted by Gasteiger charge is 2.22. The number of phenols is 2. The highest BCUT2D eigenvalue weighted by Crippen LogP contribution is 2.30. The SMILES string of the molecule is C[Si](O)(O)CCCc1cc(O)c(CCC[Si](C)(O)O)cc1O. The Bertz CT molecular complexity index is 448. The maximum atomic E-state index is 9.99. The second kappa shape index (κ2) is 7.58. The molecule has 0 unspecified atom stereocenters. The third-order valence-corrected chi connectivity index (χ3v) is 6.07. The smallest absolute Gasteiger partial charge is 0.329 e. The molecule has 0 saturated carbocycles. The Hall–Kier alpha value is -0.906. The number of hydrogen-bond acceptors (Lipinski definition) is 6. The molecule has 0 radical (unpaired) electrons. The van der Waals surface area contributed by atoms with E-state index in [9.17, 15) is 29.4 Å². The summed E-state index contributed by atoms with van der Waals surface area (Å²) in [6, 6.07) is 3.61. The second-order valence-corrected chi connectivity index (χ2v) is 12.1. The normalized spacial score (nSPS) is 12.6. The Balaban J connectivity index is 2.63. The van der Waals surface area contributed by atoms with E-state index in [1.54, 1.807) is 0 Å². The Morgan fingerprint density at radius 2 is 1.05 bits per heavy atom. The number of phenolic OH excluding ortho intramolecular Hbond substituents is 2.